The Morgan fingerprint density at radius 2 is 2.16 bits per heavy atom. The molecular formula is C14H18FN3O. The van der Waals surface area contributed by atoms with Crippen molar-refractivity contribution in [3.05, 3.63) is 35.3 Å². The quantitative estimate of drug-likeness (QED) is 0.919. The number of methoxy groups -OCH3 is 1. The summed E-state index contributed by atoms with van der Waals surface area (Å²) < 4.78 is 20.6. The minimum absolute atomic E-state index is 0.295. The summed E-state index contributed by atoms with van der Waals surface area (Å²) in [4.78, 5) is 0. The molecule has 0 atom stereocenters. The number of benzene rings is 1. The molecule has 0 fully saturated rings. The zero-order chi connectivity index (χ0) is 14.0. The van der Waals surface area contributed by atoms with E-state index in [1.807, 2.05) is 25.7 Å². The minimum Gasteiger partial charge on any atom is -0.496 e. The Balaban J connectivity index is 2.59. The van der Waals surface area contributed by atoms with Crippen LogP contribution in [-0.4, -0.2) is 23.9 Å². The van der Waals surface area contributed by atoms with Crippen LogP contribution in [-0.2, 0) is 13.6 Å². The van der Waals surface area contributed by atoms with Gasteiger partial charge in [0.15, 0.2) is 0 Å². The first-order valence-corrected chi connectivity index (χ1v) is 6.09. The van der Waals surface area contributed by atoms with Crippen molar-refractivity contribution in [2.75, 3.05) is 14.2 Å². The van der Waals surface area contributed by atoms with E-state index in [-0.39, 0.29) is 5.82 Å². The van der Waals surface area contributed by atoms with Crippen LogP contribution in [0.2, 0.25) is 0 Å². The number of halogens is 1. The van der Waals surface area contributed by atoms with Crippen molar-refractivity contribution in [2.24, 2.45) is 7.05 Å². The number of nitrogens with one attached hydrogen (secondary N) is 1. The Morgan fingerprint density at radius 3 is 2.79 bits per heavy atom. The van der Waals surface area contributed by atoms with E-state index in [0.29, 0.717) is 17.9 Å². The number of aromatic nitrogens is 2. The topological polar surface area (TPSA) is 39.1 Å². The molecular weight excluding hydrogens is 245 g/mol. The summed E-state index contributed by atoms with van der Waals surface area (Å²) >= 11 is 0. The Labute approximate surface area is 112 Å². The number of hydrogen-bond donors (Lipinski definition) is 1. The largest absolute Gasteiger partial charge is 0.496 e. The fourth-order valence-corrected chi connectivity index (χ4v) is 2.20. The maximum Gasteiger partial charge on any atom is 0.128 e. The Morgan fingerprint density at radius 1 is 1.42 bits per heavy atom. The van der Waals surface area contributed by atoms with Gasteiger partial charge >= 0.3 is 0 Å². The molecule has 0 radical (unpaired) electrons. The molecule has 102 valence electrons. The molecule has 1 heterocycles. The predicted octanol–water partition coefficient (Wildman–Crippen LogP) is 2.26. The number of rotatable bonds is 4. The van der Waals surface area contributed by atoms with Gasteiger partial charge in [-0.15, -0.1) is 0 Å². The lowest BCUT2D eigenvalue weighted by molar-refractivity contribution is 0.415. The van der Waals surface area contributed by atoms with E-state index in [2.05, 4.69) is 10.4 Å². The molecule has 5 heteroatoms. The van der Waals surface area contributed by atoms with Crippen LogP contribution in [0.3, 0.4) is 0 Å². The van der Waals surface area contributed by atoms with Gasteiger partial charge in [-0.05, 0) is 37.7 Å². The highest BCUT2D eigenvalue weighted by molar-refractivity contribution is 5.70. The van der Waals surface area contributed by atoms with Crippen molar-refractivity contribution in [1.29, 1.82) is 0 Å². The molecule has 0 amide bonds. The van der Waals surface area contributed by atoms with Crippen LogP contribution < -0.4 is 10.1 Å². The van der Waals surface area contributed by atoms with E-state index in [1.54, 1.807) is 13.2 Å². The van der Waals surface area contributed by atoms with Crippen molar-refractivity contribution < 1.29 is 9.13 Å². The van der Waals surface area contributed by atoms with Gasteiger partial charge in [0.2, 0.25) is 0 Å². The van der Waals surface area contributed by atoms with Crippen LogP contribution in [0.1, 0.15) is 11.3 Å². The van der Waals surface area contributed by atoms with Crippen molar-refractivity contribution in [1.82, 2.24) is 15.1 Å². The molecule has 0 saturated carbocycles. The lowest BCUT2D eigenvalue weighted by Crippen LogP contribution is -2.10. The summed E-state index contributed by atoms with van der Waals surface area (Å²) in [5, 5.41) is 7.58. The van der Waals surface area contributed by atoms with Crippen LogP contribution in [0.25, 0.3) is 11.3 Å². The van der Waals surface area contributed by atoms with Gasteiger partial charge in [-0.25, -0.2) is 4.39 Å². The van der Waals surface area contributed by atoms with Crippen LogP contribution >= 0.6 is 0 Å². The highest BCUT2D eigenvalue weighted by Gasteiger charge is 2.17. The maximum absolute atomic E-state index is 13.5. The average molecular weight is 263 g/mol. The standard InChI is InChI=1S/C14H18FN3O/c1-9-12(8-16-2)18(3)17-14(9)11-7-10(15)5-6-13(11)19-4/h5-7,16H,8H2,1-4H3. The molecule has 1 N–H and O–H groups in total. The van der Waals surface area contributed by atoms with Crippen LogP contribution in [0.15, 0.2) is 18.2 Å². The molecule has 0 spiro atoms. The zero-order valence-electron chi connectivity index (χ0n) is 11.6. The fourth-order valence-electron chi connectivity index (χ4n) is 2.20. The summed E-state index contributed by atoms with van der Waals surface area (Å²) in [5.74, 6) is 0.328. The second-order valence-electron chi connectivity index (χ2n) is 4.42. The molecule has 19 heavy (non-hydrogen) atoms. The first kappa shape index (κ1) is 13.5. The molecule has 4 nitrogen and oxygen atoms in total. The van der Waals surface area contributed by atoms with Crippen molar-refractivity contribution in [2.45, 2.75) is 13.5 Å². The molecule has 0 aliphatic heterocycles. The van der Waals surface area contributed by atoms with E-state index < -0.39 is 0 Å². The third-order valence-corrected chi connectivity index (χ3v) is 3.19. The molecule has 2 aromatic rings. The highest BCUT2D eigenvalue weighted by Crippen LogP contribution is 2.32. The fraction of sp³-hybridized carbons (Fsp3) is 0.357. The van der Waals surface area contributed by atoms with Gasteiger partial charge < -0.3 is 10.1 Å². The Hall–Kier alpha value is -1.88. The lowest BCUT2D eigenvalue weighted by atomic mass is 10.1. The van der Waals surface area contributed by atoms with Gasteiger partial charge in [-0.2, -0.15) is 5.10 Å². The summed E-state index contributed by atoms with van der Waals surface area (Å²) in [6.45, 7) is 2.70. The van der Waals surface area contributed by atoms with Gasteiger partial charge in [0.25, 0.3) is 0 Å². The van der Waals surface area contributed by atoms with E-state index >= 15 is 0 Å². The zero-order valence-corrected chi connectivity index (χ0v) is 11.6. The number of nitrogens with zero attached hydrogens (tertiary/aromatic N) is 2. The second kappa shape index (κ2) is 5.40. The smallest absolute Gasteiger partial charge is 0.128 e. The molecule has 0 saturated heterocycles. The van der Waals surface area contributed by atoms with Gasteiger partial charge in [0.1, 0.15) is 11.6 Å². The SMILES string of the molecule is CNCc1c(C)c(-c2cc(F)ccc2OC)nn1C. The maximum atomic E-state index is 13.5. The monoisotopic (exact) mass is 263 g/mol. The molecule has 0 bridgehead atoms. The number of ether oxygens (including phenoxy) is 1. The predicted molar refractivity (Wildman–Crippen MR) is 72.7 cm³/mol. The summed E-state index contributed by atoms with van der Waals surface area (Å²) in [7, 11) is 5.34. The second-order valence-corrected chi connectivity index (χ2v) is 4.42. The van der Waals surface area contributed by atoms with Gasteiger partial charge in [-0.1, -0.05) is 0 Å². The van der Waals surface area contributed by atoms with Gasteiger partial charge in [-0.3, -0.25) is 4.68 Å². The van der Waals surface area contributed by atoms with Gasteiger partial charge in [0, 0.05) is 19.2 Å². The summed E-state index contributed by atoms with van der Waals surface area (Å²) in [6, 6.07) is 4.46. The molecule has 0 unspecified atom stereocenters. The molecule has 0 aliphatic rings. The number of hydrogen-bond acceptors (Lipinski definition) is 3. The summed E-state index contributed by atoms with van der Waals surface area (Å²) in [5.41, 5.74) is 3.53. The Bertz CT molecular complexity index is 593. The van der Waals surface area contributed by atoms with E-state index in [9.17, 15) is 4.39 Å². The first-order valence-electron chi connectivity index (χ1n) is 6.09. The average Bonchev–Trinajstić information content (AvgIpc) is 2.67. The summed E-state index contributed by atoms with van der Waals surface area (Å²) in [6.07, 6.45) is 0. The lowest BCUT2D eigenvalue weighted by Gasteiger charge is -2.07. The normalized spacial score (nSPS) is 10.8. The third-order valence-electron chi connectivity index (χ3n) is 3.19. The van der Waals surface area contributed by atoms with Crippen LogP contribution in [0, 0.1) is 12.7 Å². The van der Waals surface area contributed by atoms with Crippen molar-refractivity contribution >= 4 is 0 Å². The molecule has 1 aromatic heterocycles. The number of aryl methyl sites for hydroxylation is 1. The Kier molecular flexibility index (Phi) is 3.85. The van der Waals surface area contributed by atoms with Crippen molar-refractivity contribution in [3.63, 3.8) is 0 Å². The molecule has 1 aromatic carbocycles. The first-order chi connectivity index (χ1) is 9.08. The van der Waals surface area contributed by atoms with E-state index in [1.165, 1.54) is 12.1 Å². The highest BCUT2D eigenvalue weighted by atomic mass is 19.1. The molecule has 0 aliphatic carbocycles. The molecule has 2 rings (SSSR count). The van der Waals surface area contributed by atoms with Crippen LogP contribution in [0.5, 0.6) is 5.75 Å². The van der Waals surface area contributed by atoms with Gasteiger partial charge in [0.05, 0.1) is 18.5 Å². The minimum atomic E-state index is -0.295. The van der Waals surface area contributed by atoms with Crippen LogP contribution in [0.4, 0.5) is 4.39 Å². The third kappa shape index (κ3) is 2.46. The van der Waals surface area contributed by atoms with E-state index in [4.69, 9.17) is 4.74 Å². The van der Waals surface area contributed by atoms with Crippen molar-refractivity contribution in [3.8, 4) is 17.0 Å². The van der Waals surface area contributed by atoms with E-state index in [0.717, 1.165) is 17.0 Å².